The van der Waals surface area contributed by atoms with Gasteiger partial charge in [0, 0.05) is 19.5 Å². The number of nitrogens with zero attached hydrogens (tertiary/aromatic N) is 1. The van der Waals surface area contributed by atoms with Gasteiger partial charge in [0.15, 0.2) is 0 Å². The Bertz CT molecular complexity index is 409. The summed E-state index contributed by atoms with van der Waals surface area (Å²) < 4.78 is 10.5. The van der Waals surface area contributed by atoms with Crippen molar-refractivity contribution in [1.82, 2.24) is 10.2 Å². The summed E-state index contributed by atoms with van der Waals surface area (Å²) >= 11 is 0. The molecule has 6 heteroatoms. The molecule has 1 heterocycles. The van der Waals surface area contributed by atoms with Gasteiger partial charge in [-0.05, 0) is 59.0 Å². The molecule has 1 atom stereocenters. The highest BCUT2D eigenvalue weighted by Gasteiger charge is 2.18. The highest BCUT2D eigenvalue weighted by Crippen LogP contribution is 2.15. The fourth-order valence-electron chi connectivity index (χ4n) is 3.28. The van der Waals surface area contributed by atoms with E-state index in [0.717, 1.165) is 38.9 Å². The van der Waals surface area contributed by atoms with Crippen LogP contribution in [0.4, 0.5) is 4.79 Å². The first-order chi connectivity index (χ1) is 13.0. The Morgan fingerprint density at radius 1 is 1.04 bits per heavy atom. The molecule has 1 aliphatic heterocycles. The molecule has 1 fully saturated rings. The SMILES string of the molecule is [CH2]C([CH2])OC(=O)CCC(CCCCCCC)OC(=O)NCCN1CCCC1. The summed E-state index contributed by atoms with van der Waals surface area (Å²) in [7, 11) is 0. The molecule has 2 radical (unpaired) electrons. The summed E-state index contributed by atoms with van der Waals surface area (Å²) in [6.07, 6.45) is 8.39. The van der Waals surface area contributed by atoms with Crippen LogP contribution in [0.15, 0.2) is 0 Å². The number of likely N-dealkylation sites (tertiary alicyclic amines) is 1. The lowest BCUT2D eigenvalue weighted by molar-refractivity contribution is -0.146. The molecule has 27 heavy (non-hydrogen) atoms. The monoisotopic (exact) mass is 382 g/mol. The van der Waals surface area contributed by atoms with E-state index in [2.05, 4.69) is 31.0 Å². The number of alkyl carbamates (subject to hydrolysis) is 1. The number of carbonyl (C=O) groups excluding carboxylic acids is 2. The molecule has 1 rings (SSSR count). The van der Waals surface area contributed by atoms with Gasteiger partial charge in [-0.25, -0.2) is 4.79 Å². The summed E-state index contributed by atoms with van der Waals surface area (Å²) in [5.74, 6) is -0.348. The standard InChI is InChI=1S/C21H38N2O4/c1-4-5-6-7-8-11-19(12-13-20(24)26-18(2)3)27-21(25)22-14-17-23-15-9-10-16-23/h18-19H,2-17H2,1H3,(H,22,25). The van der Waals surface area contributed by atoms with Crippen LogP contribution in [-0.2, 0) is 14.3 Å². The third-order valence-electron chi connectivity index (χ3n) is 4.77. The molecule has 0 saturated carbocycles. The maximum Gasteiger partial charge on any atom is 0.407 e. The molecular formula is C21H38N2O4. The second-order valence-corrected chi connectivity index (χ2v) is 7.36. The molecular weight excluding hydrogens is 344 g/mol. The van der Waals surface area contributed by atoms with Crippen LogP contribution in [0.25, 0.3) is 0 Å². The van der Waals surface area contributed by atoms with Gasteiger partial charge in [0.2, 0.25) is 0 Å². The maximum absolute atomic E-state index is 12.1. The molecule has 1 amide bonds. The quantitative estimate of drug-likeness (QED) is 0.364. The number of amides is 1. The lowest BCUT2D eigenvalue weighted by atomic mass is 10.0. The lowest BCUT2D eigenvalue weighted by Gasteiger charge is -2.19. The molecule has 1 N–H and O–H groups in total. The third-order valence-corrected chi connectivity index (χ3v) is 4.77. The Balaban J connectivity index is 2.30. The second-order valence-electron chi connectivity index (χ2n) is 7.36. The number of carbonyl (C=O) groups is 2. The van der Waals surface area contributed by atoms with Crippen LogP contribution in [-0.4, -0.2) is 55.3 Å². The fraction of sp³-hybridized carbons (Fsp3) is 0.810. The predicted molar refractivity (Wildman–Crippen MR) is 107 cm³/mol. The van der Waals surface area contributed by atoms with E-state index in [4.69, 9.17) is 9.47 Å². The predicted octanol–water partition coefficient (Wildman–Crippen LogP) is 3.90. The highest BCUT2D eigenvalue weighted by atomic mass is 16.6. The van der Waals surface area contributed by atoms with Gasteiger partial charge in [-0.3, -0.25) is 4.79 Å². The average molecular weight is 383 g/mol. The van der Waals surface area contributed by atoms with Gasteiger partial charge in [0.25, 0.3) is 0 Å². The molecule has 1 saturated heterocycles. The van der Waals surface area contributed by atoms with Crippen LogP contribution in [0.1, 0.15) is 71.1 Å². The van der Waals surface area contributed by atoms with E-state index in [9.17, 15) is 9.59 Å². The Morgan fingerprint density at radius 3 is 2.41 bits per heavy atom. The van der Waals surface area contributed by atoms with E-state index in [1.165, 1.54) is 32.1 Å². The summed E-state index contributed by atoms with van der Waals surface area (Å²) in [5, 5.41) is 2.83. The molecule has 156 valence electrons. The Morgan fingerprint density at radius 2 is 1.74 bits per heavy atom. The van der Waals surface area contributed by atoms with Crippen LogP contribution in [0.5, 0.6) is 0 Å². The van der Waals surface area contributed by atoms with Crippen molar-refractivity contribution in [3.8, 4) is 0 Å². The van der Waals surface area contributed by atoms with Gasteiger partial charge in [0.1, 0.15) is 12.2 Å². The van der Waals surface area contributed by atoms with Gasteiger partial charge in [-0.1, -0.05) is 32.6 Å². The van der Waals surface area contributed by atoms with Crippen LogP contribution >= 0.6 is 0 Å². The van der Waals surface area contributed by atoms with Crippen molar-refractivity contribution in [2.45, 2.75) is 83.3 Å². The van der Waals surface area contributed by atoms with Crippen LogP contribution < -0.4 is 5.32 Å². The van der Waals surface area contributed by atoms with E-state index in [-0.39, 0.29) is 18.5 Å². The smallest absolute Gasteiger partial charge is 0.407 e. The molecule has 0 aliphatic carbocycles. The van der Waals surface area contributed by atoms with E-state index >= 15 is 0 Å². The van der Waals surface area contributed by atoms with E-state index in [0.29, 0.717) is 13.0 Å². The van der Waals surface area contributed by atoms with Crippen molar-refractivity contribution in [2.24, 2.45) is 0 Å². The molecule has 0 spiro atoms. The molecule has 6 nitrogen and oxygen atoms in total. The minimum atomic E-state index is -0.611. The summed E-state index contributed by atoms with van der Waals surface area (Å²) in [6.45, 7) is 12.9. The second kappa shape index (κ2) is 14.7. The number of nitrogens with one attached hydrogen (secondary N) is 1. The first-order valence-electron chi connectivity index (χ1n) is 10.5. The minimum absolute atomic E-state index is 0.211. The molecule has 1 unspecified atom stereocenters. The molecule has 0 aromatic rings. The number of hydrogen-bond donors (Lipinski definition) is 1. The Kier molecular flexibility index (Phi) is 12.9. The molecule has 0 bridgehead atoms. The van der Waals surface area contributed by atoms with Crippen molar-refractivity contribution >= 4 is 12.1 Å². The van der Waals surface area contributed by atoms with Crippen LogP contribution in [0.3, 0.4) is 0 Å². The first-order valence-corrected chi connectivity index (χ1v) is 10.5. The van der Waals surface area contributed by atoms with Crippen molar-refractivity contribution < 1.29 is 19.1 Å². The fourth-order valence-corrected chi connectivity index (χ4v) is 3.28. The lowest BCUT2D eigenvalue weighted by Crippen LogP contribution is -2.35. The van der Waals surface area contributed by atoms with E-state index < -0.39 is 12.2 Å². The maximum atomic E-state index is 12.1. The van der Waals surface area contributed by atoms with Crippen LogP contribution in [0, 0.1) is 13.8 Å². The molecule has 1 aliphatic rings. The topological polar surface area (TPSA) is 67.9 Å². The van der Waals surface area contributed by atoms with Crippen molar-refractivity contribution in [3.63, 3.8) is 0 Å². The highest BCUT2D eigenvalue weighted by molar-refractivity contribution is 5.70. The zero-order valence-electron chi connectivity index (χ0n) is 17.0. The number of ether oxygens (including phenoxy) is 2. The van der Waals surface area contributed by atoms with E-state index in [1.54, 1.807) is 0 Å². The zero-order chi connectivity index (χ0) is 19.9. The third kappa shape index (κ3) is 12.7. The summed E-state index contributed by atoms with van der Waals surface area (Å²) in [4.78, 5) is 26.2. The summed E-state index contributed by atoms with van der Waals surface area (Å²) in [5.41, 5.74) is 0. The zero-order valence-corrected chi connectivity index (χ0v) is 17.0. The van der Waals surface area contributed by atoms with Gasteiger partial charge < -0.3 is 19.7 Å². The van der Waals surface area contributed by atoms with Gasteiger partial charge in [-0.2, -0.15) is 0 Å². The van der Waals surface area contributed by atoms with Crippen LogP contribution in [0.2, 0.25) is 0 Å². The van der Waals surface area contributed by atoms with Crippen molar-refractivity contribution in [1.29, 1.82) is 0 Å². The van der Waals surface area contributed by atoms with Crippen molar-refractivity contribution in [3.05, 3.63) is 13.8 Å². The van der Waals surface area contributed by atoms with Gasteiger partial charge >= 0.3 is 12.1 Å². The first kappa shape index (κ1) is 23.7. The Hall–Kier alpha value is -1.30. The van der Waals surface area contributed by atoms with Gasteiger partial charge in [0.05, 0.1) is 0 Å². The normalized spacial score (nSPS) is 15.7. The largest absolute Gasteiger partial charge is 0.462 e. The Labute approximate surface area is 165 Å². The minimum Gasteiger partial charge on any atom is -0.462 e. The summed E-state index contributed by atoms with van der Waals surface area (Å²) in [6, 6.07) is 0. The number of rotatable bonds is 14. The van der Waals surface area contributed by atoms with E-state index in [1.807, 2.05) is 0 Å². The number of hydrogen-bond acceptors (Lipinski definition) is 5. The molecule has 0 aromatic heterocycles. The average Bonchev–Trinajstić information content (AvgIpc) is 3.12. The van der Waals surface area contributed by atoms with Gasteiger partial charge in [-0.15, -0.1) is 0 Å². The number of unbranched alkanes of at least 4 members (excludes halogenated alkanes) is 4. The molecule has 0 aromatic carbocycles. The number of esters is 1. The van der Waals surface area contributed by atoms with Crippen molar-refractivity contribution in [2.75, 3.05) is 26.2 Å².